The van der Waals surface area contributed by atoms with E-state index in [0.29, 0.717) is 15.4 Å². The monoisotopic (exact) mass is 355 g/mol. The highest BCUT2D eigenvalue weighted by Gasteiger charge is 2.17. The third-order valence-corrected chi connectivity index (χ3v) is 4.72. The summed E-state index contributed by atoms with van der Waals surface area (Å²) in [6.45, 7) is 3.80. The molecule has 128 valence electrons. The van der Waals surface area contributed by atoms with E-state index in [9.17, 15) is 9.59 Å². The highest BCUT2D eigenvalue weighted by molar-refractivity contribution is 7.20. The van der Waals surface area contributed by atoms with Gasteiger partial charge in [-0.25, -0.2) is 9.97 Å². The number of benzene rings is 1. The van der Waals surface area contributed by atoms with Crippen molar-refractivity contribution < 1.29 is 9.59 Å². The fraction of sp³-hybridized carbons (Fsp3) is 0.176. The molecule has 8 heteroatoms. The van der Waals surface area contributed by atoms with E-state index >= 15 is 0 Å². The molecule has 0 atom stereocenters. The van der Waals surface area contributed by atoms with Gasteiger partial charge in [-0.3, -0.25) is 9.59 Å². The number of nitrogens with one attached hydrogen (secondary N) is 1. The van der Waals surface area contributed by atoms with Crippen molar-refractivity contribution in [3.05, 3.63) is 40.3 Å². The Labute approximate surface area is 148 Å². The van der Waals surface area contributed by atoms with Gasteiger partial charge in [0.05, 0.1) is 17.1 Å². The molecule has 1 aromatic carbocycles. The second kappa shape index (κ2) is 6.48. The van der Waals surface area contributed by atoms with Crippen LogP contribution in [0.25, 0.3) is 21.5 Å². The summed E-state index contributed by atoms with van der Waals surface area (Å²) in [5, 5.41) is 3.22. The van der Waals surface area contributed by atoms with Crippen molar-refractivity contribution in [1.82, 2.24) is 15.3 Å². The number of nitrogens with zero attached hydrogens (tertiary/aromatic N) is 2. The normalized spacial score (nSPS) is 10.8. The van der Waals surface area contributed by atoms with Crippen LogP contribution in [0.2, 0.25) is 0 Å². The number of nitrogens with two attached hydrogens (primary N) is 2. The van der Waals surface area contributed by atoms with Crippen LogP contribution in [0.15, 0.2) is 24.3 Å². The summed E-state index contributed by atoms with van der Waals surface area (Å²) in [6.07, 6.45) is 0. The number of thiophene rings is 1. The van der Waals surface area contributed by atoms with Crippen LogP contribution in [-0.2, 0) is 4.79 Å². The van der Waals surface area contributed by atoms with Crippen LogP contribution in [0, 0.1) is 13.8 Å². The van der Waals surface area contributed by atoms with Crippen LogP contribution in [0.3, 0.4) is 0 Å². The zero-order valence-electron chi connectivity index (χ0n) is 13.8. The number of fused-ring (bicyclic) bond motifs is 1. The number of rotatable bonds is 4. The number of carbonyl (C=O) groups excluding carboxylic acids is 2. The number of aryl methyl sites for hydroxylation is 2. The van der Waals surface area contributed by atoms with Crippen molar-refractivity contribution in [3.63, 3.8) is 0 Å². The summed E-state index contributed by atoms with van der Waals surface area (Å²) in [4.78, 5) is 32.6. The van der Waals surface area contributed by atoms with Gasteiger partial charge in [0.15, 0.2) is 0 Å². The zero-order chi connectivity index (χ0) is 18.1. The molecule has 0 fully saturated rings. The molecular weight excluding hydrogens is 338 g/mol. The smallest absolute Gasteiger partial charge is 0.261 e. The lowest BCUT2D eigenvalue weighted by molar-refractivity contribution is -0.117. The van der Waals surface area contributed by atoms with Crippen LogP contribution >= 0.6 is 11.3 Å². The molecule has 2 heterocycles. The molecule has 5 N–H and O–H groups in total. The molecule has 0 saturated heterocycles. The molecule has 0 saturated carbocycles. The van der Waals surface area contributed by atoms with Gasteiger partial charge in [-0.05, 0) is 25.5 Å². The van der Waals surface area contributed by atoms with Crippen molar-refractivity contribution in [2.75, 3.05) is 12.3 Å². The molecular formula is C17H17N5O2S. The standard InChI is InChI=1S/C17H17N5O2S/c1-8-3-4-10(9(2)5-8)14-11-6-12(15(24)20-7-13(18)23)25-16(11)22-17(19)21-14/h3-6H,7H2,1-2H3,(H2,18,23)(H,20,24)(H2,19,21,22). The number of anilines is 1. The van der Waals surface area contributed by atoms with Crippen LogP contribution < -0.4 is 16.8 Å². The Hall–Kier alpha value is -3.00. The van der Waals surface area contributed by atoms with E-state index in [1.807, 2.05) is 26.0 Å². The predicted octanol–water partition coefficient (Wildman–Crippen LogP) is 1.77. The second-order valence-electron chi connectivity index (χ2n) is 5.73. The Balaban J connectivity index is 2.10. The van der Waals surface area contributed by atoms with Crippen LogP contribution in [-0.4, -0.2) is 28.3 Å². The van der Waals surface area contributed by atoms with Gasteiger partial charge in [-0.2, -0.15) is 0 Å². The Morgan fingerprint density at radius 3 is 2.64 bits per heavy atom. The van der Waals surface area contributed by atoms with Gasteiger partial charge in [-0.15, -0.1) is 11.3 Å². The van der Waals surface area contributed by atoms with Crippen LogP contribution in [0.5, 0.6) is 0 Å². The van der Waals surface area contributed by atoms with Gasteiger partial charge >= 0.3 is 0 Å². The summed E-state index contributed by atoms with van der Waals surface area (Å²) in [5.41, 5.74) is 14.7. The van der Waals surface area contributed by atoms with E-state index in [2.05, 4.69) is 21.4 Å². The van der Waals surface area contributed by atoms with Gasteiger partial charge in [-0.1, -0.05) is 23.8 Å². The topological polar surface area (TPSA) is 124 Å². The first-order chi connectivity index (χ1) is 11.8. The first-order valence-electron chi connectivity index (χ1n) is 7.56. The van der Waals surface area contributed by atoms with E-state index in [0.717, 1.165) is 22.1 Å². The maximum absolute atomic E-state index is 12.2. The Morgan fingerprint density at radius 2 is 1.96 bits per heavy atom. The lowest BCUT2D eigenvalue weighted by Gasteiger charge is -2.08. The lowest BCUT2D eigenvalue weighted by atomic mass is 10.0. The molecule has 3 rings (SSSR count). The fourth-order valence-electron chi connectivity index (χ4n) is 2.59. The maximum Gasteiger partial charge on any atom is 0.261 e. The summed E-state index contributed by atoms with van der Waals surface area (Å²) < 4.78 is 0. The van der Waals surface area contributed by atoms with E-state index in [1.54, 1.807) is 6.07 Å². The molecule has 0 aliphatic carbocycles. The molecule has 0 radical (unpaired) electrons. The number of nitrogen functional groups attached to an aromatic ring is 1. The summed E-state index contributed by atoms with van der Waals surface area (Å²) in [6, 6.07) is 7.76. The molecule has 3 aromatic rings. The lowest BCUT2D eigenvalue weighted by Crippen LogP contribution is -2.32. The number of hydrogen-bond donors (Lipinski definition) is 3. The number of amides is 2. The van der Waals surface area contributed by atoms with Gasteiger partial charge in [0.2, 0.25) is 11.9 Å². The first kappa shape index (κ1) is 16.8. The molecule has 2 aromatic heterocycles. The second-order valence-corrected chi connectivity index (χ2v) is 6.76. The highest BCUT2D eigenvalue weighted by atomic mass is 32.1. The van der Waals surface area contributed by atoms with Crippen molar-refractivity contribution in [3.8, 4) is 11.3 Å². The molecule has 7 nitrogen and oxygen atoms in total. The third-order valence-electron chi connectivity index (χ3n) is 3.69. The Bertz CT molecular complexity index is 996. The number of hydrogen-bond acceptors (Lipinski definition) is 6. The molecule has 0 unspecified atom stereocenters. The maximum atomic E-state index is 12.2. The van der Waals surface area contributed by atoms with Crippen molar-refractivity contribution in [2.24, 2.45) is 5.73 Å². The zero-order valence-corrected chi connectivity index (χ0v) is 14.6. The molecule has 2 amide bonds. The fourth-order valence-corrected chi connectivity index (χ4v) is 3.54. The summed E-state index contributed by atoms with van der Waals surface area (Å²) >= 11 is 1.19. The minimum atomic E-state index is -0.602. The van der Waals surface area contributed by atoms with E-state index in [-0.39, 0.29) is 18.4 Å². The minimum Gasteiger partial charge on any atom is -0.368 e. The van der Waals surface area contributed by atoms with E-state index in [1.165, 1.54) is 11.3 Å². The first-order valence-corrected chi connectivity index (χ1v) is 8.38. The minimum absolute atomic E-state index is 0.147. The average molecular weight is 355 g/mol. The Kier molecular flexibility index (Phi) is 4.37. The van der Waals surface area contributed by atoms with E-state index < -0.39 is 5.91 Å². The molecule has 0 aliphatic heterocycles. The molecule has 25 heavy (non-hydrogen) atoms. The van der Waals surface area contributed by atoms with Gasteiger partial charge < -0.3 is 16.8 Å². The van der Waals surface area contributed by atoms with Gasteiger partial charge in [0, 0.05) is 10.9 Å². The van der Waals surface area contributed by atoms with Crippen LogP contribution in [0.4, 0.5) is 5.95 Å². The summed E-state index contributed by atoms with van der Waals surface area (Å²) in [5.74, 6) is -0.838. The number of aromatic nitrogens is 2. The molecule has 0 spiro atoms. The SMILES string of the molecule is Cc1ccc(-c2nc(N)nc3sc(C(=O)NCC(N)=O)cc23)c(C)c1. The van der Waals surface area contributed by atoms with Crippen molar-refractivity contribution >= 4 is 39.3 Å². The Morgan fingerprint density at radius 1 is 1.20 bits per heavy atom. The van der Waals surface area contributed by atoms with Gasteiger partial charge in [0.25, 0.3) is 5.91 Å². The van der Waals surface area contributed by atoms with Gasteiger partial charge in [0.1, 0.15) is 4.83 Å². The van der Waals surface area contributed by atoms with Crippen molar-refractivity contribution in [2.45, 2.75) is 13.8 Å². The third kappa shape index (κ3) is 3.43. The van der Waals surface area contributed by atoms with Crippen molar-refractivity contribution in [1.29, 1.82) is 0 Å². The largest absolute Gasteiger partial charge is 0.368 e. The van der Waals surface area contributed by atoms with E-state index in [4.69, 9.17) is 11.5 Å². The summed E-state index contributed by atoms with van der Waals surface area (Å²) in [7, 11) is 0. The predicted molar refractivity (Wildman–Crippen MR) is 98.3 cm³/mol. The highest BCUT2D eigenvalue weighted by Crippen LogP contribution is 2.34. The quantitative estimate of drug-likeness (QED) is 0.658. The number of carbonyl (C=O) groups is 2. The molecule has 0 bridgehead atoms. The van der Waals surface area contributed by atoms with Crippen LogP contribution in [0.1, 0.15) is 20.8 Å². The molecule has 0 aliphatic rings. The number of primary amides is 1. The average Bonchev–Trinajstić information content (AvgIpc) is 2.96.